The summed E-state index contributed by atoms with van der Waals surface area (Å²) < 4.78 is 6.70. The highest BCUT2D eigenvalue weighted by molar-refractivity contribution is 5.95. The summed E-state index contributed by atoms with van der Waals surface area (Å²) in [5.41, 5.74) is 0.444. The molecule has 2 N–H and O–H groups in total. The normalized spacial score (nSPS) is 12.1. The van der Waals surface area contributed by atoms with Crippen LogP contribution in [0.2, 0.25) is 0 Å². The average Bonchev–Trinajstić information content (AvgIpc) is 2.83. The van der Waals surface area contributed by atoms with Gasteiger partial charge in [0.1, 0.15) is 11.7 Å². The number of aliphatic carboxylic acids is 1. The van der Waals surface area contributed by atoms with Crippen molar-refractivity contribution < 1.29 is 19.4 Å². The molecule has 1 aromatic heterocycles. The van der Waals surface area contributed by atoms with Crippen molar-refractivity contribution in [3.63, 3.8) is 0 Å². The molecule has 0 aromatic carbocycles. The monoisotopic (exact) mass is 268 g/mol. The minimum absolute atomic E-state index is 0.373. The second-order valence-electron chi connectivity index (χ2n) is 4.23. The Labute approximate surface area is 112 Å². The van der Waals surface area contributed by atoms with Crippen molar-refractivity contribution in [2.24, 2.45) is 0 Å². The van der Waals surface area contributed by atoms with E-state index in [4.69, 9.17) is 9.84 Å². The van der Waals surface area contributed by atoms with Crippen LogP contribution in [0.5, 0.6) is 0 Å². The third-order valence-corrected chi connectivity index (χ3v) is 2.78. The third-order valence-electron chi connectivity index (χ3n) is 2.78. The number of hydrogen-bond donors (Lipinski definition) is 2. The van der Waals surface area contributed by atoms with E-state index in [1.54, 1.807) is 30.0 Å². The smallest absolute Gasteiger partial charge is 0.326 e. The van der Waals surface area contributed by atoms with Crippen LogP contribution in [0.1, 0.15) is 30.3 Å². The van der Waals surface area contributed by atoms with Crippen molar-refractivity contribution in [1.82, 2.24) is 9.88 Å². The van der Waals surface area contributed by atoms with Crippen molar-refractivity contribution in [2.75, 3.05) is 13.7 Å². The summed E-state index contributed by atoms with van der Waals surface area (Å²) in [5.74, 6) is -1.38. The number of amides is 1. The molecule has 6 heteroatoms. The lowest BCUT2D eigenvalue weighted by Crippen LogP contribution is -2.41. The summed E-state index contributed by atoms with van der Waals surface area (Å²) in [6.07, 6.45) is 2.88. The Balaban J connectivity index is 2.71. The molecule has 1 aromatic rings. The zero-order chi connectivity index (χ0) is 14.3. The molecule has 0 aliphatic rings. The lowest BCUT2D eigenvalue weighted by atomic mass is 10.1. The molecule has 1 amide bonds. The molecule has 0 spiro atoms. The molecule has 0 unspecified atom stereocenters. The molecule has 1 rings (SSSR count). The second-order valence-corrected chi connectivity index (χ2v) is 4.23. The fourth-order valence-corrected chi connectivity index (χ4v) is 1.78. The molecule has 1 atom stereocenters. The van der Waals surface area contributed by atoms with Gasteiger partial charge in [-0.1, -0.05) is 13.3 Å². The van der Waals surface area contributed by atoms with Crippen LogP contribution in [0.4, 0.5) is 0 Å². The zero-order valence-corrected chi connectivity index (χ0v) is 11.3. The first-order chi connectivity index (χ1) is 9.10. The molecule has 0 aliphatic heterocycles. The summed E-state index contributed by atoms with van der Waals surface area (Å²) in [5, 5.41) is 11.6. The second kappa shape index (κ2) is 7.58. The van der Waals surface area contributed by atoms with Crippen molar-refractivity contribution in [1.29, 1.82) is 0 Å². The Morgan fingerprint density at radius 1 is 1.53 bits per heavy atom. The van der Waals surface area contributed by atoms with E-state index in [-0.39, 0.29) is 5.91 Å². The highest BCUT2D eigenvalue weighted by Gasteiger charge is 2.20. The summed E-state index contributed by atoms with van der Waals surface area (Å²) in [6.45, 7) is 2.92. The van der Waals surface area contributed by atoms with E-state index in [1.807, 2.05) is 6.92 Å². The number of rotatable bonds is 8. The molecule has 0 saturated heterocycles. The molecular formula is C13H20N2O4. The van der Waals surface area contributed by atoms with Crippen molar-refractivity contribution in [3.8, 4) is 0 Å². The molecule has 0 radical (unpaired) electrons. The maximum Gasteiger partial charge on any atom is 0.326 e. The number of nitrogens with zero attached hydrogens (tertiary/aromatic N) is 1. The molecule has 0 saturated carbocycles. The topological polar surface area (TPSA) is 80.6 Å². The number of carboxylic acid groups (broad SMARTS) is 1. The highest BCUT2D eigenvalue weighted by atomic mass is 16.5. The van der Waals surface area contributed by atoms with E-state index in [9.17, 15) is 9.59 Å². The maximum absolute atomic E-state index is 12.0. The minimum atomic E-state index is -1.01. The lowest BCUT2D eigenvalue weighted by Gasteiger charge is -2.14. The van der Waals surface area contributed by atoms with Crippen LogP contribution in [0.25, 0.3) is 0 Å². The quantitative estimate of drug-likeness (QED) is 0.740. The standard InChI is InChI=1S/C13H20N2O4/c1-3-5-10(13(17)18)14-12(16)11-6-4-7-15(11)8-9-19-2/h4,6-7,10H,3,5,8-9H2,1-2H3,(H,14,16)(H,17,18)/t10-/m0/s1. The van der Waals surface area contributed by atoms with Crippen LogP contribution in [-0.2, 0) is 16.1 Å². The average molecular weight is 268 g/mol. The van der Waals surface area contributed by atoms with Gasteiger partial charge in [0.2, 0.25) is 0 Å². The fraction of sp³-hybridized carbons (Fsp3) is 0.538. The molecule has 0 fully saturated rings. The Morgan fingerprint density at radius 2 is 2.26 bits per heavy atom. The van der Waals surface area contributed by atoms with Gasteiger partial charge in [0.25, 0.3) is 5.91 Å². The van der Waals surface area contributed by atoms with Gasteiger partial charge < -0.3 is 19.7 Å². The Morgan fingerprint density at radius 3 is 2.84 bits per heavy atom. The summed E-state index contributed by atoms with van der Waals surface area (Å²) in [7, 11) is 1.59. The predicted octanol–water partition coefficient (Wildman–Crippen LogP) is 1.12. The lowest BCUT2D eigenvalue weighted by molar-refractivity contribution is -0.139. The number of carbonyl (C=O) groups is 2. The van der Waals surface area contributed by atoms with Crippen LogP contribution >= 0.6 is 0 Å². The third kappa shape index (κ3) is 4.40. The molecular weight excluding hydrogens is 248 g/mol. The largest absolute Gasteiger partial charge is 0.480 e. The van der Waals surface area contributed by atoms with Gasteiger partial charge in [-0.3, -0.25) is 4.79 Å². The zero-order valence-electron chi connectivity index (χ0n) is 11.3. The molecule has 106 valence electrons. The van der Waals surface area contributed by atoms with Crippen LogP contribution in [0, 0.1) is 0 Å². The number of aromatic nitrogens is 1. The van der Waals surface area contributed by atoms with Gasteiger partial charge in [-0.05, 0) is 18.6 Å². The number of hydrogen-bond acceptors (Lipinski definition) is 3. The fourth-order valence-electron chi connectivity index (χ4n) is 1.78. The number of nitrogens with one attached hydrogen (secondary N) is 1. The minimum Gasteiger partial charge on any atom is -0.480 e. The van der Waals surface area contributed by atoms with Gasteiger partial charge in [-0.25, -0.2) is 4.79 Å². The Kier molecular flexibility index (Phi) is 6.08. The van der Waals surface area contributed by atoms with Gasteiger partial charge in [0, 0.05) is 19.9 Å². The summed E-state index contributed by atoms with van der Waals surface area (Å²) in [6, 6.07) is 2.57. The van der Waals surface area contributed by atoms with E-state index >= 15 is 0 Å². The Bertz CT molecular complexity index is 428. The first kappa shape index (κ1) is 15.2. The van der Waals surface area contributed by atoms with Gasteiger partial charge >= 0.3 is 5.97 Å². The number of ether oxygens (including phenoxy) is 1. The summed E-state index contributed by atoms with van der Waals surface area (Å²) >= 11 is 0. The van der Waals surface area contributed by atoms with Crippen LogP contribution in [0.3, 0.4) is 0 Å². The molecule has 1 heterocycles. The van der Waals surface area contributed by atoms with E-state index in [1.165, 1.54) is 0 Å². The maximum atomic E-state index is 12.0. The van der Waals surface area contributed by atoms with E-state index in [0.29, 0.717) is 31.7 Å². The van der Waals surface area contributed by atoms with Gasteiger partial charge in [-0.15, -0.1) is 0 Å². The van der Waals surface area contributed by atoms with Gasteiger partial charge in [-0.2, -0.15) is 0 Å². The first-order valence-corrected chi connectivity index (χ1v) is 6.27. The predicted molar refractivity (Wildman–Crippen MR) is 70.1 cm³/mol. The number of methoxy groups -OCH3 is 1. The highest BCUT2D eigenvalue weighted by Crippen LogP contribution is 2.05. The van der Waals surface area contributed by atoms with E-state index in [2.05, 4.69) is 5.32 Å². The van der Waals surface area contributed by atoms with E-state index < -0.39 is 12.0 Å². The molecule has 0 aliphatic carbocycles. The molecule has 0 bridgehead atoms. The molecule has 19 heavy (non-hydrogen) atoms. The Hall–Kier alpha value is -1.82. The van der Waals surface area contributed by atoms with Crippen LogP contribution in [-0.4, -0.2) is 41.3 Å². The van der Waals surface area contributed by atoms with Gasteiger partial charge in [0.05, 0.1) is 6.61 Å². The first-order valence-electron chi connectivity index (χ1n) is 6.27. The van der Waals surface area contributed by atoms with Crippen molar-refractivity contribution >= 4 is 11.9 Å². The SMILES string of the molecule is CCC[C@H](NC(=O)c1cccn1CCOC)C(=O)O. The van der Waals surface area contributed by atoms with Gasteiger partial charge in [0.15, 0.2) is 0 Å². The van der Waals surface area contributed by atoms with E-state index in [0.717, 1.165) is 0 Å². The number of carbonyl (C=O) groups excluding carboxylic acids is 1. The van der Waals surface area contributed by atoms with Crippen molar-refractivity contribution in [2.45, 2.75) is 32.4 Å². The molecule has 6 nitrogen and oxygen atoms in total. The summed E-state index contributed by atoms with van der Waals surface area (Å²) in [4.78, 5) is 23.1. The van der Waals surface area contributed by atoms with Crippen LogP contribution in [0.15, 0.2) is 18.3 Å². The number of carboxylic acids is 1. The van der Waals surface area contributed by atoms with Crippen molar-refractivity contribution in [3.05, 3.63) is 24.0 Å². The van der Waals surface area contributed by atoms with Crippen LogP contribution < -0.4 is 5.32 Å².